The van der Waals surface area contributed by atoms with Gasteiger partial charge in [0, 0.05) is 4.88 Å². The maximum absolute atomic E-state index is 9.98. The molecule has 2 heteroatoms. The summed E-state index contributed by atoms with van der Waals surface area (Å²) < 4.78 is 0. The van der Waals surface area contributed by atoms with E-state index in [1.165, 1.54) is 17.6 Å². The zero-order chi connectivity index (χ0) is 9.26. The van der Waals surface area contributed by atoms with Gasteiger partial charge in [0.1, 0.15) is 6.10 Å². The molecule has 1 N–H and O–H groups in total. The minimum absolute atomic E-state index is 0.332. The van der Waals surface area contributed by atoms with Crippen LogP contribution in [-0.2, 0) is 0 Å². The van der Waals surface area contributed by atoms with Crippen LogP contribution in [0.5, 0.6) is 0 Å². The van der Waals surface area contributed by atoms with Crippen LogP contribution in [0.15, 0.2) is 23.1 Å². The Morgan fingerprint density at radius 1 is 1.54 bits per heavy atom. The van der Waals surface area contributed by atoms with Crippen LogP contribution in [0.1, 0.15) is 35.8 Å². The molecule has 1 aromatic rings. The van der Waals surface area contributed by atoms with Gasteiger partial charge < -0.3 is 5.11 Å². The highest BCUT2D eigenvalue weighted by Crippen LogP contribution is 2.33. The van der Waals surface area contributed by atoms with Gasteiger partial charge in [0.25, 0.3) is 0 Å². The fraction of sp³-hybridized carbons (Fsp3) is 0.455. The zero-order valence-corrected chi connectivity index (χ0v) is 8.60. The smallest absolute Gasteiger partial charge is 0.109 e. The molecule has 0 bridgehead atoms. The second-order valence-corrected chi connectivity index (χ2v) is 4.54. The zero-order valence-electron chi connectivity index (χ0n) is 7.79. The van der Waals surface area contributed by atoms with Gasteiger partial charge in [-0.3, -0.25) is 0 Å². The third-order valence-electron chi connectivity index (χ3n) is 2.45. The Balaban J connectivity index is 2.16. The van der Waals surface area contributed by atoms with Crippen molar-refractivity contribution in [1.82, 2.24) is 0 Å². The van der Waals surface area contributed by atoms with E-state index in [0.29, 0.717) is 0 Å². The Labute approximate surface area is 82.7 Å². The third-order valence-corrected chi connectivity index (χ3v) is 3.55. The molecule has 2 rings (SSSR count). The van der Waals surface area contributed by atoms with E-state index in [9.17, 15) is 5.11 Å². The first-order chi connectivity index (χ1) is 6.27. The average Bonchev–Trinajstić information content (AvgIpc) is 2.72. The molecular weight excluding hydrogens is 180 g/mol. The lowest BCUT2D eigenvalue weighted by Crippen LogP contribution is -1.96. The van der Waals surface area contributed by atoms with Crippen molar-refractivity contribution in [3.8, 4) is 0 Å². The second-order valence-electron chi connectivity index (χ2n) is 3.60. The quantitative estimate of drug-likeness (QED) is 0.717. The Bertz CT molecular complexity index is 325. The number of aliphatic hydroxyl groups is 1. The van der Waals surface area contributed by atoms with E-state index < -0.39 is 0 Å². The summed E-state index contributed by atoms with van der Waals surface area (Å²) in [6.45, 7) is 2.07. The van der Waals surface area contributed by atoms with Crippen molar-refractivity contribution < 1.29 is 5.11 Å². The summed E-state index contributed by atoms with van der Waals surface area (Å²) in [4.78, 5) is 1.09. The van der Waals surface area contributed by atoms with Crippen molar-refractivity contribution in [1.29, 1.82) is 0 Å². The van der Waals surface area contributed by atoms with E-state index >= 15 is 0 Å². The fourth-order valence-corrected chi connectivity index (χ4v) is 2.65. The maximum Gasteiger partial charge on any atom is 0.109 e. The van der Waals surface area contributed by atoms with Crippen LogP contribution in [0.4, 0.5) is 0 Å². The van der Waals surface area contributed by atoms with Crippen molar-refractivity contribution in [2.75, 3.05) is 0 Å². The standard InChI is InChI=1S/C11H14OS/c1-8-6-10(13-7-8)11(12)9-4-2-3-5-9/h4,6-7,11-12H,2-3,5H2,1H3. The van der Waals surface area contributed by atoms with E-state index in [4.69, 9.17) is 0 Å². The Morgan fingerprint density at radius 2 is 2.38 bits per heavy atom. The largest absolute Gasteiger partial charge is 0.383 e. The number of allylic oxidation sites excluding steroid dienone is 1. The molecule has 0 saturated carbocycles. The molecule has 0 spiro atoms. The molecule has 1 atom stereocenters. The number of thiophene rings is 1. The SMILES string of the molecule is Cc1csc(C(O)C2=CCCC2)c1. The van der Waals surface area contributed by atoms with Gasteiger partial charge in [0.15, 0.2) is 0 Å². The van der Waals surface area contributed by atoms with E-state index in [0.717, 1.165) is 17.7 Å². The van der Waals surface area contributed by atoms with Gasteiger partial charge in [-0.1, -0.05) is 6.08 Å². The molecule has 0 amide bonds. The maximum atomic E-state index is 9.98. The summed E-state index contributed by atoms with van der Waals surface area (Å²) in [5.41, 5.74) is 2.46. The van der Waals surface area contributed by atoms with Crippen LogP contribution in [0, 0.1) is 6.92 Å². The summed E-state index contributed by atoms with van der Waals surface area (Å²) >= 11 is 1.65. The summed E-state index contributed by atoms with van der Waals surface area (Å²) in [5.74, 6) is 0. The van der Waals surface area contributed by atoms with Crippen molar-refractivity contribution >= 4 is 11.3 Å². The predicted molar refractivity (Wildman–Crippen MR) is 55.9 cm³/mol. The minimum Gasteiger partial charge on any atom is -0.383 e. The molecule has 0 saturated heterocycles. The molecule has 1 aromatic heterocycles. The molecule has 0 aromatic carbocycles. The number of hydrogen-bond donors (Lipinski definition) is 1. The highest BCUT2D eigenvalue weighted by atomic mass is 32.1. The van der Waals surface area contributed by atoms with Crippen molar-refractivity contribution in [3.05, 3.63) is 33.5 Å². The van der Waals surface area contributed by atoms with Crippen molar-refractivity contribution in [3.63, 3.8) is 0 Å². The molecule has 70 valence electrons. The van der Waals surface area contributed by atoms with Crippen LogP contribution in [0.25, 0.3) is 0 Å². The van der Waals surface area contributed by atoms with Crippen molar-refractivity contribution in [2.45, 2.75) is 32.3 Å². The highest BCUT2D eigenvalue weighted by molar-refractivity contribution is 7.10. The van der Waals surface area contributed by atoms with Crippen molar-refractivity contribution in [2.24, 2.45) is 0 Å². The van der Waals surface area contributed by atoms with Gasteiger partial charge >= 0.3 is 0 Å². The lowest BCUT2D eigenvalue weighted by atomic mass is 10.1. The summed E-state index contributed by atoms with van der Waals surface area (Å²) in [6, 6.07) is 2.08. The van der Waals surface area contributed by atoms with Gasteiger partial charge in [-0.15, -0.1) is 11.3 Å². The summed E-state index contributed by atoms with van der Waals surface area (Å²) in [5, 5.41) is 12.1. The van der Waals surface area contributed by atoms with Gasteiger partial charge in [-0.25, -0.2) is 0 Å². The third kappa shape index (κ3) is 1.84. The molecule has 1 unspecified atom stereocenters. The number of rotatable bonds is 2. The molecule has 1 heterocycles. The van der Waals surface area contributed by atoms with E-state index in [2.05, 4.69) is 24.4 Å². The molecule has 0 aliphatic heterocycles. The predicted octanol–water partition coefficient (Wildman–Crippen LogP) is 3.20. The first-order valence-electron chi connectivity index (χ1n) is 4.69. The van der Waals surface area contributed by atoms with Gasteiger partial charge in [0.2, 0.25) is 0 Å². The monoisotopic (exact) mass is 194 g/mol. The number of aliphatic hydroxyl groups excluding tert-OH is 1. The number of hydrogen-bond acceptors (Lipinski definition) is 2. The Morgan fingerprint density at radius 3 is 2.92 bits per heavy atom. The highest BCUT2D eigenvalue weighted by Gasteiger charge is 2.17. The van der Waals surface area contributed by atoms with Crippen LogP contribution in [0.2, 0.25) is 0 Å². The molecule has 13 heavy (non-hydrogen) atoms. The molecule has 1 nitrogen and oxygen atoms in total. The van der Waals surface area contributed by atoms with E-state index in [1.807, 2.05) is 0 Å². The van der Waals surface area contributed by atoms with Crippen LogP contribution in [-0.4, -0.2) is 5.11 Å². The van der Waals surface area contributed by atoms with Crippen LogP contribution < -0.4 is 0 Å². The summed E-state index contributed by atoms with van der Waals surface area (Å²) in [6.07, 6.45) is 5.26. The lowest BCUT2D eigenvalue weighted by molar-refractivity contribution is 0.216. The van der Waals surface area contributed by atoms with E-state index in [1.54, 1.807) is 11.3 Å². The average molecular weight is 194 g/mol. The van der Waals surface area contributed by atoms with Crippen LogP contribution >= 0.6 is 11.3 Å². The van der Waals surface area contributed by atoms with Gasteiger partial charge in [-0.05, 0) is 48.8 Å². The summed E-state index contributed by atoms with van der Waals surface area (Å²) in [7, 11) is 0. The topological polar surface area (TPSA) is 20.2 Å². The fourth-order valence-electron chi connectivity index (χ4n) is 1.72. The van der Waals surface area contributed by atoms with Crippen LogP contribution in [0.3, 0.4) is 0 Å². The van der Waals surface area contributed by atoms with Gasteiger partial charge in [-0.2, -0.15) is 0 Å². The van der Waals surface area contributed by atoms with E-state index in [-0.39, 0.29) is 6.10 Å². The Kier molecular flexibility index (Phi) is 2.51. The van der Waals surface area contributed by atoms with Gasteiger partial charge in [0.05, 0.1) is 0 Å². The normalized spacial score (nSPS) is 18.8. The second kappa shape index (κ2) is 3.64. The molecule has 0 fully saturated rings. The molecule has 1 aliphatic carbocycles. The molecular formula is C11H14OS. The lowest BCUT2D eigenvalue weighted by Gasteiger charge is -2.08. The Hall–Kier alpha value is -0.600. The first-order valence-corrected chi connectivity index (χ1v) is 5.57. The minimum atomic E-state index is -0.332. The first kappa shape index (κ1) is 8.97. The molecule has 0 radical (unpaired) electrons. The molecule has 1 aliphatic rings. The number of aryl methyl sites for hydroxylation is 1.